The molecule has 1 rings (SSSR count). The minimum absolute atomic E-state index is 0.230. The molecule has 78 valence electrons. The Hall–Kier alpha value is -0.580. The van der Waals surface area contributed by atoms with Crippen LogP contribution in [0.4, 0.5) is 0 Å². The van der Waals surface area contributed by atoms with Gasteiger partial charge in [0.15, 0.2) is 0 Å². The van der Waals surface area contributed by atoms with Crippen molar-refractivity contribution >= 4 is 22.7 Å². The number of benzene rings is 1. The topological polar surface area (TPSA) is 49.4 Å². The van der Waals surface area contributed by atoms with Crippen LogP contribution in [0.2, 0.25) is 0 Å². The smallest absolute Gasteiger partial charge is 0.120 e. The van der Waals surface area contributed by atoms with Crippen molar-refractivity contribution in [1.82, 2.24) is 0 Å². The van der Waals surface area contributed by atoms with Gasteiger partial charge in [0.25, 0.3) is 0 Å². The molecule has 0 amide bonds. The molecule has 0 saturated heterocycles. The van der Waals surface area contributed by atoms with Crippen LogP contribution in [-0.4, -0.2) is 21.2 Å². The summed E-state index contributed by atoms with van der Waals surface area (Å²) in [5.41, 5.74) is 0. The quantitative estimate of drug-likeness (QED) is 0.444. The molecule has 0 saturated carbocycles. The number of halogens is 1. The molecular formula is C9H10ClO3S-. The van der Waals surface area contributed by atoms with E-state index in [0.29, 0.717) is 18.2 Å². The standard InChI is InChI=1S/C9H11ClO3S/c10-5-2-6-13-8-3-1-4-9(7-8)14(11)12/h1,3-4,7H,2,5-6H2,(H,11,12)/p-1. The maximum atomic E-state index is 10.6. The van der Waals surface area contributed by atoms with Gasteiger partial charge < -0.3 is 9.29 Å². The first-order valence-electron chi connectivity index (χ1n) is 4.12. The molecule has 3 nitrogen and oxygen atoms in total. The molecular weight excluding hydrogens is 224 g/mol. The summed E-state index contributed by atoms with van der Waals surface area (Å²) in [5, 5.41) is 0. The second-order valence-electron chi connectivity index (χ2n) is 2.60. The number of ether oxygens (including phenoxy) is 1. The normalized spacial score (nSPS) is 12.4. The first-order valence-corrected chi connectivity index (χ1v) is 5.73. The maximum Gasteiger partial charge on any atom is 0.120 e. The van der Waals surface area contributed by atoms with Crippen LogP contribution in [0, 0.1) is 0 Å². The molecule has 1 aromatic rings. The zero-order chi connectivity index (χ0) is 10.4. The van der Waals surface area contributed by atoms with Crippen LogP contribution in [0.25, 0.3) is 0 Å². The Balaban J connectivity index is 2.59. The van der Waals surface area contributed by atoms with Crippen molar-refractivity contribution in [1.29, 1.82) is 0 Å². The first-order chi connectivity index (χ1) is 6.74. The molecule has 14 heavy (non-hydrogen) atoms. The fraction of sp³-hybridized carbons (Fsp3) is 0.333. The minimum atomic E-state index is -2.20. The van der Waals surface area contributed by atoms with Gasteiger partial charge in [0, 0.05) is 10.8 Å². The first kappa shape index (κ1) is 11.5. The average molecular weight is 234 g/mol. The van der Waals surface area contributed by atoms with Gasteiger partial charge in [-0.15, -0.1) is 11.6 Å². The van der Waals surface area contributed by atoms with E-state index in [1.807, 2.05) is 0 Å². The Bertz CT molecular complexity index is 317. The van der Waals surface area contributed by atoms with Gasteiger partial charge in [-0.1, -0.05) is 6.07 Å². The van der Waals surface area contributed by atoms with E-state index in [0.717, 1.165) is 6.42 Å². The van der Waals surface area contributed by atoms with E-state index >= 15 is 0 Å². The highest BCUT2D eigenvalue weighted by molar-refractivity contribution is 7.79. The van der Waals surface area contributed by atoms with Gasteiger partial charge in [-0.05, 0) is 35.7 Å². The number of hydrogen-bond donors (Lipinski definition) is 0. The van der Waals surface area contributed by atoms with Gasteiger partial charge in [-0.2, -0.15) is 0 Å². The third-order valence-electron chi connectivity index (χ3n) is 1.54. The lowest BCUT2D eigenvalue weighted by Crippen LogP contribution is -1.98. The Morgan fingerprint density at radius 1 is 1.50 bits per heavy atom. The third-order valence-corrected chi connectivity index (χ3v) is 2.45. The monoisotopic (exact) mass is 233 g/mol. The molecule has 0 bridgehead atoms. The van der Waals surface area contributed by atoms with Gasteiger partial charge >= 0.3 is 0 Å². The molecule has 0 radical (unpaired) electrons. The lowest BCUT2D eigenvalue weighted by atomic mass is 10.3. The summed E-state index contributed by atoms with van der Waals surface area (Å²) >= 11 is 3.27. The fourth-order valence-corrected chi connectivity index (χ4v) is 1.42. The van der Waals surface area contributed by atoms with E-state index in [-0.39, 0.29) is 4.90 Å². The second-order valence-corrected chi connectivity index (χ2v) is 3.92. The Morgan fingerprint density at radius 3 is 2.93 bits per heavy atom. The molecule has 0 fully saturated rings. The van der Waals surface area contributed by atoms with Crippen LogP contribution < -0.4 is 4.74 Å². The molecule has 0 heterocycles. The molecule has 0 aliphatic carbocycles. The van der Waals surface area contributed by atoms with E-state index < -0.39 is 11.1 Å². The van der Waals surface area contributed by atoms with Crippen molar-refractivity contribution in [3.63, 3.8) is 0 Å². The van der Waals surface area contributed by atoms with Crippen LogP contribution in [-0.2, 0) is 11.1 Å². The largest absolute Gasteiger partial charge is 0.768 e. The highest BCUT2D eigenvalue weighted by Crippen LogP contribution is 2.15. The van der Waals surface area contributed by atoms with Crippen molar-refractivity contribution < 1.29 is 13.5 Å². The molecule has 0 aromatic heterocycles. The highest BCUT2D eigenvalue weighted by atomic mass is 35.5. The summed E-state index contributed by atoms with van der Waals surface area (Å²) in [6, 6.07) is 6.35. The summed E-state index contributed by atoms with van der Waals surface area (Å²) in [4.78, 5) is 0.230. The van der Waals surface area contributed by atoms with Crippen molar-refractivity contribution in [3.8, 4) is 5.75 Å². The number of alkyl halides is 1. The predicted molar refractivity (Wildman–Crippen MR) is 54.5 cm³/mol. The Labute approximate surface area is 90.3 Å². The lowest BCUT2D eigenvalue weighted by molar-refractivity contribution is 0.317. The molecule has 5 heteroatoms. The second kappa shape index (κ2) is 6.01. The Kier molecular flexibility index (Phi) is 4.93. The molecule has 0 aliphatic heterocycles. The van der Waals surface area contributed by atoms with Crippen LogP contribution in [0.15, 0.2) is 29.2 Å². The van der Waals surface area contributed by atoms with Crippen molar-refractivity contribution in [3.05, 3.63) is 24.3 Å². The molecule has 1 aromatic carbocycles. The highest BCUT2D eigenvalue weighted by Gasteiger charge is 1.96. The van der Waals surface area contributed by atoms with Crippen molar-refractivity contribution in [2.24, 2.45) is 0 Å². The van der Waals surface area contributed by atoms with E-state index in [1.54, 1.807) is 12.1 Å². The van der Waals surface area contributed by atoms with Crippen LogP contribution in [0.3, 0.4) is 0 Å². The van der Waals surface area contributed by atoms with Crippen molar-refractivity contribution in [2.45, 2.75) is 11.3 Å². The molecule has 0 N–H and O–H groups in total. The SMILES string of the molecule is O=S([O-])c1cccc(OCCCCl)c1. The molecule has 0 spiro atoms. The van der Waals surface area contributed by atoms with E-state index in [2.05, 4.69) is 0 Å². The van der Waals surface area contributed by atoms with E-state index in [4.69, 9.17) is 16.3 Å². The van der Waals surface area contributed by atoms with Crippen molar-refractivity contribution in [2.75, 3.05) is 12.5 Å². The summed E-state index contributed by atoms with van der Waals surface area (Å²) in [6.07, 6.45) is 0.742. The van der Waals surface area contributed by atoms with Gasteiger partial charge in [0.1, 0.15) is 5.75 Å². The zero-order valence-corrected chi connectivity index (χ0v) is 9.01. The van der Waals surface area contributed by atoms with Crippen LogP contribution in [0.5, 0.6) is 5.75 Å². The predicted octanol–water partition coefficient (Wildman–Crippen LogP) is 1.93. The van der Waals surface area contributed by atoms with Gasteiger partial charge in [0.2, 0.25) is 0 Å². The number of hydrogen-bond acceptors (Lipinski definition) is 3. The molecule has 0 aliphatic rings. The van der Waals surface area contributed by atoms with E-state index in [9.17, 15) is 8.76 Å². The average Bonchev–Trinajstić information content (AvgIpc) is 2.19. The van der Waals surface area contributed by atoms with Gasteiger partial charge in [-0.25, -0.2) is 0 Å². The maximum absolute atomic E-state index is 10.6. The number of rotatable bonds is 5. The third kappa shape index (κ3) is 3.65. The van der Waals surface area contributed by atoms with Crippen LogP contribution in [0.1, 0.15) is 6.42 Å². The zero-order valence-electron chi connectivity index (χ0n) is 7.44. The fourth-order valence-electron chi connectivity index (χ4n) is 0.912. The molecule has 1 unspecified atom stereocenters. The Morgan fingerprint density at radius 2 is 2.29 bits per heavy atom. The minimum Gasteiger partial charge on any atom is -0.768 e. The summed E-state index contributed by atoms with van der Waals surface area (Å²) in [5.74, 6) is 1.09. The summed E-state index contributed by atoms with van der Waals surface area (Å²) in [6.45, 7) is 0.498. The van der Waals surface area contributed by atoms with Gasteiger partial charge in [-0.3, -0.25) is 4.21 Å². The lowest BCUT2D eigenvalue weighted by Gasteiger charge is -2.08. The van der Waals surface area contributed by atoms with Crippen LogP contribution >= 0.6 is 11.6 Å². The van der Waals surface area contributed by atoms with Gasteiger partial charge in [0.05, 0.1) is 6.61 Å². The summed E-state index contributed by atoms with van der Waals surface area (Å²) in [7, 11) is 0. The van der Waals surface area contributed by atoms with E-state index in [1.165, 1.54) is 12.1 Å². The summed E-state index contributed by atoms with van der Waals surface area (Å²) < 4.78 is 26.5. The molecule has 1 atom stereocenters.